The highest BCUT2D eigenvalue weighted by Gasteiger charge is 2.18. The molecule has 7 nitrogen and oxygen atoms in total. The molecule has 8 heteroatoms. The smallest absolute Gasteiger partial charge is 0.251 e. The van der Waals surface area contributed by atoms with Crippen LogP contribution in [-0.2, 0) is 17.9 Å². The SMILES string of the molecule is CCn1c(CNC(=O)c2ccccc2C)nnc1SCC(=O)NC1CCCCC1. The zero-order valence-electron chi connectivity index (χ0n) is 17.1. The van der Waals surface area contributed by atoms with E-state index in [0.29, 0.717) is 41.4 Å². The highest BCUT2D eigenvalue weighted by molar-refractivity contribution is 7.99. The maximum Gasteiger partial charge on any atom is 0.251 e. The van der Waals surface area contributed by atoms with Crippen LogP contribution in [0.3, 0.4) is 0 Å². The number of hydrogen-bond acceptors (Lipinski definition) is 5. The Morgan fingerprint density at radius 2 is 1.93 bits per heavy atom. The summed E-state index contributed by atoms with van der Waals surface area (Å²) < 4.78 is 1.94. The molecular weight excluding hydrogens is 386 g/mol. The van der Waals surface area contributed by atoms with Gasteiger partial charge in [0.25, 0.3) is 5.91 Å². The molecule has 2 N–H and O–H groups in total. The van der Waals surface area contributed by atoms with Crippen molar-refractivity contribution in [1.82, 2.24) is 25.4 Å². The lowest BCUT2D eigenvalue weighted by atomic mass is 9.95. The van der Waals surface area contributed by atoms with E-state index in [1.165, 1.54) is 31.0 Å². The quantitative estimate of drug-likeness (QED) is 0.647. The van der Waals surface area contributed by atoms with Crippen molar-refractivity contribution in [3.8, 4) is 0 Å². The molecule has 1 aliphatic carbocycles. The zero-order valence-corrected chi connectivity index (χ0v) is 17.9. The second kappa shape index (κ2) is 10.4. The summed E-state index contributed by atoms with van der Waals surface area (Å²) in [7, 11) is 0. The van der Waals surface area contributed by atoms with E-state index in [4.69, 9.17) is 0 Å². The first-order chi connectivity index (χ1) is 14.1. The van der Waals surface area contributed by atoms with Gasteiger partial charge in [0.15, 0.2) is 11.0 Å². The van der Waals surface area contributed by atoms with Crippen LogP contribution in [0, 0.1) is 6.92 Å². The first kappa shape index (κ1) is 21.4. The van der Waals surface area contributed by atoms with Gasteiger partial charge in [0.2, 0.25) is 5.91 Å². The lowest BCUT2D eigenvalue weighted by Crippen LogP contribution is -2.37. The highest BCUT2D eigenvalue weighted by atomic mass is 32.2. The van der Waals surface area contributed by atoms with Gasteiger partial charge in [-0.2, -0.15) is 0 Å². The predicted molar refractivity (Wildman–Crippen MR) is 114 cm³/mol. The fraction of sp³-hybridized carbons (Fsp3) is 0.524. The Hall–Kier alpha value is -2.35. The summed E-state index contributed by atoms with van der Waals surface area (Å²) in [6, 6.07) is 7.79. The Morgan fingerprint density at radius 1 is 1.17 bits per heavy atom. The van der Waals surface area contributed by atoms with Crippen LogP contribution in [0.2, 0.25) is 0 Å². The van der Waals surface area contributed by atoms with Crippen molar-refractivity contribution in [3.63, 3.8) is 0 Å². The van der Waals surface area contributed by atoms with Crippen molar-refractivity contribution in [2.75, 3.05) is 5.75 Å². The van der Waals surface area contributed by atoms with Gasteiger partial charge < -0.3 is 15.2 Å². The topological polar surface area (TPSA) is 88.9 Å². The van der Waals surface area contributed by atoms with Crippen LogP contribution in [0.5, 0.6) is 0 Å². The highest BCUT2D eigenvalue weighted by Crippen LogP contribution is 2.19. The second-order valence-electron chi connectivity index (χ2n) is 7.33. The van der Waals surface area contributed by atoms with E-state index in [0.717, 1.165) is 18.4 Å². The molecule has 2 amide bonds. The van der Waals surface area contributed by atoms with Gasteiger partial charge in [-0.25, -0.2) is 0 Å². The molecule has 29 heavy (non-hydrogen) atoms. The molecule has 1 fully saturated rings. The molecule has 156 valence electrons. The van der Waals surface area contributed by atoms with Crippen molar-refractivity contribution in [2.45, 2.75) is 70.2 Å². The molecule has 0 atom stereocenters. The Labute approximate surface area is 176 Å². The third-order valence-corrected chi connectivity index (χ3v) is 6.18. The number of nitrogens with one attached hydrogen (secondary N) is 2. The van der Waals surface area contributed by atoms with Crippen LogP contribution < -0.4 is 10.6 Å². The fourth-order valence-corrected chi connectivity index (χ4v) is 4.44. The van der Waals surface area contributed by atoms with Gasteiger partial charge in [-0.05, 0) is 38.3 Å². The van der Waals surface area contributed by atoms with E-state index in [-0.39, 0.29) is 11.8 Å². The monoisotopic (exact) mass is 415 g/mol. The molecule has 1 heterocycles. The van der Waals surface area contributed by atoms with Crippen LogP contribution in [-0.4, -0.2) is 38.4 Å². The Morgan fingerprint density at radius 3 is 2.66 bits per heavy atom. The number of nitrogens with zero attached hydrogens (tertiary/aromatic N) is 3. The Balaban J connectivity index is 1.53. The maximum atomic E-state index is 12.4. The average Bonchev–Trinajstić information content (AvgIpc) is 3.13. The molecule has 0 saturated heterocycles. The number of carbonyl (C=O) groups excluding carboxylic acids is 2. The number of aryl methyl sites for hydroxylation is 1. The Kier molecular flexibility index (Phi) is 7.69. The molecule has 1 saturated carbocycles. The number of benzene rings is 1. The lowest BCUT2D eigenvalue weighted by Gasteiger charge is -2.22. The van der Waals surface area contributed by atoms with Gasteiger partial charge in [-0.15, -0.1) is 10.2 Å². The van der Waals surface area contributed by atoms with Crippen LogP contribution in [0.4, 0.5) is 0 Å². The molecule has 1 aliphatic rings. The summed E-state index contributed by atoms with van der Waals surface area (Å²) in [6.45, 7) is 4.89. The van der Waals surface area contributed by atoms with Gasteiger partial charge in [-0.1, -0.05) is 49.2 Å². The average molecular weight is 416 g/mol. The van der Waals surface area contributed by atoms with E-state index in [9.17, 15) is 9.59 Å². The van der Waals surface area contributed by atoms with Gasteiger partial charge in [0, 0.05) is 18.2 Å². The van der Waals surface area contributed by atoms with E-state index in [1.807, 2.05) is 36.6 Å². The van der Waals surface area contributed by atoms with E-state index >= 15 is 0 Å². The Bertz CT molecular complexity index is 845. The van der Waals surface area contributed by atoms with Crippen molar-refractivity contribution in [3.05, 3.63) is 41.2 Å². The predicted octanol–water partition coefficient (Wildman–Crippen LogP) is 3.08. The van der Waals surface area contributed by atoms with Crippen LogP contribution in [0.25, 0.3) is 0 Å². The first-order valence-electron chi connectivity index (χ1n) is 10.3. The molecule has 0 unspecified atom stereocenters. The van der Waals surface area contributed by atoms with E-state index in [1.54, 1.807) is 6.07 Å². The van der Waals surface area contributed by atoms with Crippen molar-refractivity contribution in [2.24, 2.45) is 0 Å². The molecule has 0 radical (unpaired) electrons. The molecule has 0 aliphatic heterocycles. The van der Waals surface area contributed by atoms with Crippen LogP contribution in [0.1, 0.15) is 60.8 Å². The first-order valence-corrected chi connectivity index (χ1v) is 11.2. The maximum absolute atomic E-state index is 12.4. The number of rotatable bonds is 8. The normalized spacial score (nSPS) is 14.6. The second-order valence-corrected chi connectivity index (χ2v) is 8.27. The van der Waals surface area contributed by atoms with E-state index in [2.05, 4.69) is 20.8 Å². The zero-order chi connectivity index (χ0) is 20.6. The third kappa shape index (κ3) is 5.82. The molecule has 3 rings (SSSR count). The van der Waals surface area contributed by atoms with Crippen molar-refractivity contribution in [1.29, 1.82) is 0 Å². The minimum Gasteiger partial charge on any atom is -0.353 e. The minimum absolute atomic E-state index is 0.0435. The van der Waals surface area contributed by atoms with Crippen molar-refractivity contribution >= 4 is 23.6 Å². The number of thioether (sulfide) groups is 1. The largest absolute Gasteiger partial charge is 0.353 e. The van der Waals surface area contributed by atoms with Gasteiger partial charge >= 0.3 is 0 Å². The molecule has 0 spiro atoms. The van der Waals surface area contributed by atoms with Crippen molar-refractivity contribution < 1.29 is 9.59 Å². The standard InChI is InChI=1S/C21H29N5O2S/c1-3-26-18(13-22-20(28)17-12-8-7-9-15(17)2)24-25-21(26)29-14-19(27)23-16-10-5-4-6-11-16/h7-9,12,16H,3-6,10-11,13-14H2,1-2H3,(H,22,28)(H,23,27). The van der Waals surface area contributed by atoms with Gasteiger partial charge in [-0.3, -0.25) is 9.59 Å². The fourth-order valence-electron chi connectivity index (χ4n) is 3.60. The lowest BCUT2D eigenvalue weighted by molar-refractivity contribution is -0.119. The molecule has 1 aromatic heterocycles. The summed E-state index contributed by atoms with van der Waals surface area (Å²) >= 11 is 1.39. The van der Waals surface area contributed by atoms with Gasteiger partial charge in [0.1, 0.15) is 0 Å². The van der Waals surface area contributed by atoms with Crippen LogP contribution in [0.15, 0.2) is 29.4 Å². The summed E-state index contributed by atoms with van der Waals surface area (Å²) in [6.07, 6.45) is 5.81. The molecule has 2 aromatic rings. The summed E-state index contributed by atoms with van der Waals surface area (Å²) in [5.41, 5.74) is 1.59. The third-order valence-electron chi connectivity index (χ3n) is 5.21. The molecular formula is C21H29N5O2S. The summed E-state index contributed by atoms with van der Waals surface area (Å²) in [5, 5.41) is 15.2. The number of hydrogen-bond donors (Lipinski definition) is 2. The minimum atomic E-state index is -0.130. The summed E-state index contributed by atoms with van der Waals surface area (Å²) in [4.78, 5) is 24.7. The van der Waals surface area contributed by atoms with Gasteiger partial charge in [0.05, 0.1) is 12.3 Å². The van der Waals surface area contributed by atoms with Crippen LogP contribution >= 0.6 is 11.8 Å². The molecule has 0 bridgehead atoms. The van der Waals surface area contributed by atoms with E-state index < -0.39 is 0 Å². The number of amides is 2. The number of aromatic nitrogens is 3. The summed E-state index contributed by atoms with van der Waals surface area (Å²) in [5.74, 6) is 0.922. The number of carbonyl (C=O) groups is 2. The molecule has 1 aromatic carbocycles.